The van der Waals surface area contributed by atoms with Gasteiger partial charge in [-0.2, -0.15) is 0 Å². The van der Waals surface area contributed by atoms with E-state index in [9.17, 15) is 13.2 Å². The van der Waals surface area contributed by atoms with Crippen molar-refractivity contribution in [1.82, 2.24) is 0 Å². The van der Waals surface area contributed by atoms with Gasteiger partial charge in [-0.25, -0.2) is 8.42 Å². The molecule has 14 heavy (non-hydrogen) atoms. The van der Waals surface area contributed by atoms with Crippen LogP contribution in [0.1, 0.15) is 0 Å². The van der Waals surface area contributed by atoms with Gasteiger partial charge in [0, 0.05) is 0 Å². The fourth-order valence-electron chi connectivity index (χ4n) is 0.880. The molecule has 0 N–H and O–H groups in total. The molecule has 6 heteroatoms. The first kappa shape index (κ1) is 11.0. The summed E-state index contributed by atoms with van der Waals surface area (Å²) in [4.78, 5) is 10.1. The third-order valence-corrected chi connectivity index (χ3v) is 3.04. The summed E-state index contributed by atoms with van der Waals surface area (Å²) in [6.07, 6.45) is 0. The zero-order valence-corrected chi connectivity index (χ0v) is 8.80. The van der Waals surface area contributed by atoms with Gasteiger partial charge < -0.3 is 4.74 Å². The number of carbonyl (C=O) groups excluding carboxylic acids is 1. The Balaban J connectivity index is 3.29. The Morgan fingerprint density at radius 2 is 2.07 bits per heavy atom. The molecule has 1 aromatic rings. The van der Waals surface area contributed by atoms with E-state index in [0.29, 0.717) is 5.75 Å². The smallest absolute Gasteiger partial charge is 0.238 e. The first-order chi connectivity index (χ1) is 6.51. The number of ether oxygens (including phenoxy) is 1. The summed E-state index contributed by atoms with van der Waals surface area (Å²) in [5.41, 5.74) is -0.120. The van der Waals surface area contributed by atoms with Gasteiger partial charge in [0.2, 0.25) is 15.5 Å². The summed E-state index contributed by atoms with van der Waals surface area (Å²) in [6.45, 7) is 0. The number of hydrogen-bond donors (Lipinski definition) is 0. The van der Waals surface area contributed by atoms with Gasteiger partial charge in [-0.3, -0.25) is 4.79 Å². The molecule has 4 nitrogen and oxygen atoms in total. The molecule has 0 amide bonds. The van der Waals surface area contributed by atoms with Crippen LogP contribution in [0.4, 0.5) is 0 Å². The van der Waals surface area contributed by atoms with Crippen LogP contribution in [0.3, 0.4) is 0 Å². The highest BCUT2D eigenvalue weighted by molar-refractivity contribution is 8.04. The molecule has 76 valence electrons. The van der Waals surface area contributed by atoms with E-state index in [4.69, 9.17) is 16.3 Å². The molecule has 0 saturated heterocycles. The lowest BCUT2D eigenvalue weighted by Crippen LogP contribution is -2.01. The number of methoxy groups -OCH3 is 1. The van der Waals surface area contributed by atoms with Gasteiger partial charge in [-0.1, -0.05) is 11.6 Å². The van der Waals surface area contributed by atoms with Gasteiger partial charge in [0.05, 0.1) is 17.0 Å². The van der Waals surface area contributed by atoms with Crippen LogP contribution >= 0.6 is 11.6 Å². The van der Waals surface area contributed by atoms with Gasteiger partial charge >= 0.3 is 0 Å². The zero-order valence-electron chi connectivity index (χ0n) is 7.23. The maximum atomic E-state index is 11.1. The van der Waals surface area contributed by atoms with Crippen molar-refractivity contribution in [3.8, 4) is 5.75 Å². The fraction of sp³-hybridized carbons (Fsp3) is 0.125. The third-order valence-electron chi connectivity index (χ3n) is 1.58. The van der Waals surface area contributed by atoms with Crippen LogP contribution in [0.15, 0.2) is 23.1 Å². The van der Waals surface area contributed by atoms with E-state index in [-0.39, 0.29) is 15.5 Å². The number of carbonyl (C=O) groups is 1. The maximum Gasteiger partial charge on any atom is 0.238 e. The molecular formula is C8H7ClO4S. The molecule has 0 atom stereocenters. The molecule has 1 rings (SSSR count). The SMILES string of the molecule is COc1ccc(S(=O)(=O)C=O)cc1Cl. The lowest BCUT2D eigenvalue weighted by atomic mass is 10.3. The lowest BCUT2D eigenvalue weighted by molar-refractivity contribution is 0.414. The molecule has 0 saturated carbocycles. The minimum Gasteiger partial charge on any atom is -0.495 e. The summed E-state index contributed by atoms with van der Waals surface area (Å²) in [5, 5.41) is 0.149. The second-order valence-corrected chi connectivity index (χ2v) is 4.60. The third kappa shape index (κ3) is 2.05. The molecule has 0 aliphatic carbocycles. The van der Waals surface area contributed by atoms with Crippen LogP contribution in [0.5, 0.6) is 5.75 Å². The second kappa shape index (κ2) is 3.98. The summed E-state index contributed by atoms with van der Waals surface area (Å²) in [5.74, 6) is 0.358. The molecule has 0 bridgehead atoms. The van der Waals surface area contributed by atoms with E-state index in [1.165, 1.54) is 25.3 Å². The second-order valence-electron chi connectivity index (χ2n) is 2.44. The minimum atomic E-state index is -3.87. The summed E-state index contributed by atoms with van der Waals surface area (Å²) in [6, 6.07) is 3.82. The number of benzene rings is 1. The van der Waals surface area contributed by atoms with Gasteiger partial charge in [-0.05, 0) is 18.2 Å². The van der Waals surface area contributed by atoms with E-state index in [1.54, 1.807) is 0 Å². The standard InChI is InChI=1S/C8H7ClO4S/c1-13-8-3-2-6(4-7(8)9)14(11,12)5-10/h2-5H,1H3. The average Bonchev–Trinajstić information content (AvgIpc) is 2.17. The highest BCUT2D eigenvalue weighted by Gasteiger charge is 2.14. The largest absolute Gasteiger partial charge is 0.495 e. The Labute approximate surface area is 86.4 Å². The fourth-order valence-corrected chi connectivity index (χ4v) is 1.85. The van der Waals surface area contributed by atoms with E-state index < -0.39 is 9.84 Å². The quantitative estimate of drug-likeness (QED) is 0.740. The van der Waals surface area contributed by atoms with Crippen molar-refractivity contribution in [3.63, 3.8) is 0 Å². The van der Waals surface area contributed by atoms with Crippen LogP contribution in [0.2, 0.25) is 5.02 Å². The molecule has 0 heterocycles. The van der Waals surface area contributed by atoms with Crippen molar-refractivity contribution in [3.05, 3.63) is 23.2 Å². The average molecular weight is 235 g/mol. The molecule has 0 fully saturated rings. The molecule has 0 aliphatic rings. The molecule has 0 unspecified atom stereocenters. The number of halogens is 1. The van der Waals surface area contributed by atoms with Crippen molar-refractivity contribution < 1.29 is 17.9 Å². The molecule has 0 aromatic heterocycles. The first-order valence-electron chi connectivity index (χ1n) is 3.55. The van der Waals surface area contributed by atoms with E-state index in [2.05, 4.69) is 0 Å². The van der Waals surface area contributed by atoms with Crippen LogP contribution in [0.25, 0.3) is 0 Å². The molecular weight excluding hydrogens is 228 g/mol. The Hall–Kier alpha value is -1.07. The topological polar surface area (TPSA) is 60.4 Å². The maximum absolute atomic E-state index is 11.1. The normalized spacial score (nSPS) is 11.0. The van der Waals surface area contributed by atoms with E-state index in [1.807, 2.05) is 0 Å². The van der Waals surface area contributed by atoms with Gasteiger partial charge in [0.25, 0.3) is 0 Å². The van der Waals surface area contributed by atoms with Gasteiger partial charge in [0.1, 0.15) is 5.75 Å². The number of hydrogen-bond acceptors (Lipinski definition) is 4. The van der Waals surface area contributed by atoms with Gasteiger partial charge in [0.15, 0.2) is 0 Å². The van der Waals surface area contributed by atoms with Crippen LogP contribution in [0, 0.1) is 0 Å². The summed E-state index contributed by atoms with van der Waals surface area (Å²) < 4.78 is 27.0. The monoisotopic (exact) mass is 234 g/mol. The van der Waals surface area contributed by atoms with Crippen molar-refractivity contribution in [2.45, 2.75) is 4.90 Å². The van der Waals surface area contributed by atoms with Crippen LogP contribution in [-0.2, 0) is 14.6 Å². The number of rotatable bonds is 3. The molecule has 0 radical (unpaired) electrons. The Bertz CT molecular complexity index is 452. The number of sulfone groups is 1. The predicted molar refractivity (Wildman–Crippen MR) is 51.9 cm³/mol. The summed E-state index contributed by atoms with van der Waals surface area (Å²) >= 11 is 5.69. The lowest BCUT2D eigenvalue weighted by Gasteiger charge is -2.03. The van der Waals surface area contributed by atoms with Crippen molar-refractivity contribution in [2.24, 2.45) is 0 Å². The zero-order chi connectivity index (χ0) is 10.8. The minimum absolute atomic E-state index is 0.120. The summed E-state index contributed by atoms with van der Waals surface area (Å²) in [7, 11) is -2.45. The molecule has 0 aliphatic heterocycles. The Kier molecular flexibility index (Phi) is 3.13. The first-order valence-corrected chi connectivity index (χ1v) is 5.47. The highest BCUT2D eigenvalue weighted by Crippen LogP contribution is 2.26. The van der Waals surface area contributed by atoms with Crippen molar-refractivity contribution in [2.75, 3.05) is 7.11 Å². The Morgan fingerprint density at radius 1 is 1.43 bits per heavy atom. The molecule has 1 aromatic carbocycles. The van der Waals surface area contributed by atoms with Crippen molar-refractivity contribution in [1.29, 1.82) is 0 Å². The van der Waals surface area contributed by atoms with Crippen molar-refractivity contribution >= 4 is 27.1 Å². The van der Waals surface area contributed by atoms with E-state index in [0.717, 1.165) is 0 Å². The van der Waals surface area contributed by atoms with Crippen LogP contribution < -0.4 is 4.74 Å². The highest BCUT2D eigenvalue weighted by atomic mass is 35.5. The molecule has 0 spiro atoms. The van der Waals surface area contributed by atoms with Gasteiger partial charge in [-0.15, -0.1) is 0 Å². The Morgan fingerprint density at radius 3 is 2.50 bits per heavy atom. The predicted octanol–water partition coefficient (Wildman–Crippen LogP) is 1.31. The van der Waals surface area contributed by atoms with Crippen LogP contribution in [-0.4, -0.2) is 21.1 Å². The van der Waals surface area contributed by atoms with E-state index >= 15 is 0 Å².